The zero-order chi connectivity index (χ0) is 19.4. The molecule has 0 aliphatic heterocycles. The van der Waals surface area contributed by atoms with Gasteiger partial charge in [-0.1, -0.05) is 18.2 Å². The molecule has 0 fully saturated rings. The number of ether oxygens (including phenoxy) is 1. The van der Waals surface area contributed by atoms with Gasteiger partial charge in [-0.15, -0.1) is 15.0 Å². The first kappa shape index (κ1) is 17.9. The van der Waals surface area contributed by atoms with Crippen LogP contribution in [0.2, 0.25) is 0 Å². The van der Waals surface area contributed by atoms with Crippen LogP contribution in [0.3, 0.4) is 0 Å². The summed E-state index contributed by atoms with van der Waals surface area (Å²) in [5.74, 6) is -0.658. The topological polar surface area (TPSA) is 113 Å². The molecule has 0 unspecified atom stereocenters. The number of nitrogens with zero attached hydrogens (tertiary/aromatic N) is 5. The minimum atomic E-state index is -0.609. The smallest absolute Gasteiger partial charge is 0.344 e. The number of aryl methyl sites for hydroxylation is 1. The van der Waals surface area contributed by atoms with Gasteiger partial charge in [0, 0.05) is 17.7 Å². The van der Waals surface area contributed by atoms with Crippen molar-refractivity contribution in [2.24, 2.45) is 5.10 Å². The Labute approximate surface area is 154 Å². The van der Waals surface area contributed by atoms with E-state index in [1.165, 1.54) is 29.1 Å². The molecule has 0 radical (unpaired) electrons. The van der Waals surface area contributed by atoms with Gasteiger partial charge >= 0.3 is 5.97 Å². The maximum Gasteiger partial charge on any atom is 0.344 e. The van der Waals surface area contributed by atoms with Gasteiger partial charge in [-0.25, -0.2) is 4.79 Å². The van der Waals surface area contributed by atoms with E-state index in [4.69, 9.17) is 4.74 Å². The van der Waals surface area contributed by atoms with Gasteiger partial charge in [0.1, 0.15) is 0 Å². The lowest BCUT2D eigenvalue weighted by atomic mass is 10.2. The number of non-ortho nitro benzene ring substituents is 1. The second-order valence-corrected chi connectivity index (χ2v) is 5.61. The zero-order valence-corrected chi connectivity index (χ0v) is 14.6. The molecular weight excluding hydrogens is 350 g/mol. The lowest BCUT2D eigenvalue weighted by Gasteiger charge is -2.08. The van der Waals surface area contributed by atoms with Crippen LogP contribution in [0.25, 0.3) is 0 Å². The highest BCUT2D eigenvalue weighted by Gasteiger charge is 2.16. The van der Waals surface area contributed by atoms with Gasteiger partial charge in [0.15, 0.2) is 0 Å². The Balaban J connectivity index is 1.99. The Hall–Kier alpha value is -3.88. The van der Waals surface area contributed by atoms with Crippen LogP contribution in [0.5, 0.6) is 0 Å². The molecule has 1 aromatic heterocycles. The summed E-state index contributed by atoms with van der Waals surface area (Å²) in [5, 5.41) is 22.9. The minimum Gasteiger partial charge on any atom is -0.402 e. The number of benzene rings is 2. The lowest BCUT2D eigenvalue weighted by Crippen LogP contribution is -2.16. The van der Waals surface area contributed by atoms with Crippen LogP contribution in [0, 0.1) is 24.0 Å². The summed E-state index contributed by atoms with van der Waals surface area (Å²) in [6, 6.07) is 13.9. The first-order chi connectivity index (χ1) is 13.0. The fourth-order valence-corrected chi connectivity index (χ4v) is 2.16. The van der Waals surface area contributed by atoms with Crippen LogP contribution in [0.15, 0.2) is 59.7 Å². The molecule has 3 aromatic rings. The van der Waals surface area contributed by atoms with Gasteiger partial charge in [0.25, 0.3) is 5.69 Å². The van der Waals surface area contributed by atoms with E-state index < -0.39 is 10.9 Å². The number of hydrogen-bond acceptors (Lipinski definition) is 7. The first-order valence-electron chi connectivity index (χ1n) is 7.95. The number of nitro groups is 1. The van der Waals surface area contributed by atoms with E-state index in [2.05, 4.69) is 15.4 Å². The molecule has 0 saturated carbocycles. The van der Waals surface area contributed by atoms with Gasteiger partial charge in [-0.3, -0.25) is 10.1 Å². The molecule has 0 saturated heterocycles. The van der Waals surface area contributed by atoms with E-state index in [0.717, 1.165) is 0 Å². The summed E-state index contributed by atoms with van der Waals surface area (Å²) in [5.41, 5.74) is 2.00. The normalized spacial score (nSPS) is 11.3. The number of carbonyl (C=O) groups is 1. The van der Waals surface area contributed by atoms with Crippen molar-refractivity contribution >= 4 is 17.6 Å². The molecule has 3 rings (SSSR count). The molecule has 27 heavy (non-hydrogen) atoms. The van der Waals surface area contributed by atoms with Crippen LogP contribution >= 0.6 is 0 Å². The molecule has 1 heterocycles. The van der Waals surface area contributed by atoms with Gasteiger partial charge < -0.3 is 4.74 Å². The number of carbonyl (C=O) groups excluding carboxylic acids is 1. The van der Waals surface area contributed by atoms with Crippen molar-refractivity contribution in [1.29, 1.82) is 0 Å². The molecule has 0 bridgehead atoms. The molecule has 9 heteroatoms. The highest BCUT2D eigenvalue weighted by molar-refractivity contribution is 6.05. The number of aromatic nitrogens is 3. The molecule has 0 aliphatic carbocycles. The molecule has 0 N–H and O–H groups in total. The molecule has 2 aromatic carbocycles. The standard InChI is InChI=1S/C18H15N5O4/c1-12-13(2)22(21-19-12)20-17(14-8-10-16(11-9-14)23(25)26)27-18(24)15-6-4-3-5-7-15/h3-11H,1-2H3. The molecule has 0 aliphatic rings. The zero-order valence-electron chi connectivity index (χ0n) is 14.6. The molecule has 0 atom stereocenters. The Morgan fingerprint density at radius 3 is 2.30 bits per heavy atom. The monoisotopic (exact) mass is 365 g/mol. The van der Waals surface area contributed by atoms with Gasteiger partial charge in [-0.2, -0.15) is 0 Å². The maximum atomic E-state index is 12.4. The van der Waals surface area contributed by atoms with Crippen molar-refractivity contribution < 1.29 is 14.5 Å². The Kier molecular flexibility index (Phi) is 5.02. The number of esters is 1. The third-order valence-electron chi connectivity index (χ3n) is 3.81. The summed E-state index contributed by atoms with van der Waals surface area (Å²) >= 11 is 0. The fraction of sp³-hybridized carbons (Fsp3) is 0.111. The van der Waals surface area contributed by atoms with Crippen LogP contribution in [0.1, 0.15) is 27.3 Å². The van der Waals surface area contributed by atoms with E-state index >= 15 is 0 Å². The summed E-state index contributed by atoms with van der Waals surface area (Å²) in [4.78, 5) is 24.0. The number of hydrogen-bond donors (Lipinski definition) is 0. The summed E-state index contributed by atoms with van der Waals surface area (Å²) in [6.07, 6.45) is 0. The van der Waals surface area contributed by atoms with E-state index in [0.29, 0.717) is 22.5 Å². The highest BCUT2D eigenvalue weighted by Crippen LogP contribution is 2.15. The largest absolute Gasteiger partial charge is 0.402 e. The van der Waals surface area contributed by atoms with Crippen molar-refractivity contribution in [2.45, 2.75) is 13.8 Å². The molecular formula is C18H15N5O4. The van der Waals surface area contributed by atoms with Crippen molar-refractivity contribution in [3.8, 4) is 0 Å². The van der Waals surface area contributed by atoms with Gasteiger partial charge in [-0.05, 0) is 43.3 Å². The van der Waals surface area contributed by atoms with Crippen LogP contribution in [0.4, 0.5) is 5.69 Å². The van der Waals surface area contributed by atoms with Gasteiger partial charge in [0.05, 0.1) is 21.9 Å². The SMILES string of the molecule is Cc1nnn(N=C(OC(=O)c2ccccc2)c2ccc([N+](=O)[O-])cc2)c1C. The van der Waals surface area contributed by atoms with Gasteiger partial charge in [0.2, 0.25) is 5.90 Å². The predicted molar refractivity (Wildman–Crippen MR) is 96.4 cm³/mol. The Morgan fingerprint density at radius 2 is 1.74 bits per heavy atom. The highest BCUT2D eigenvalue weighted by atomic mass is 16.6. The van der Waals surface area contributed by atoms with E-state index in [9.17, 15) is 14.9 Å². The fourth-order valence-electron chi connectivity index (χ4n) is 2.16. The molecule has 0 amide bonds. The molecule has 0 spiro atoms. The Morgan fingerprint density at radius 1 is 1.07 bits per heavy atom. The van der Waals surface area contributed by atoms with E-state index in [1.807, 2.05) is 0 Å². The average molecular weight is 365 g/mol. The predicted octanol–water partition coefficient (Wildman–Crippen LogP) is 2.87. The van der Waals surface area contributed by atoms with Crippen LogP contribution < -0.4 is 0 Å². The second kappa shape index (κ2) is 7.56. The van der Waals surface area contributed by atoms with Crippen LogP contribution in [-0.2, 0) is 4.74 Å². The first-order valence-corrected chi connectivity index (χ1v) is 7.95. The third-order valence-corrected chi connectivity index (χ3v) is 3.81. The quantitative estimate of drug-likeness (QED) is 0.231. The van der Waals surface area contributed by atoms with E-state index in [-0.39, 0.29) is 11.6 Å². The number of rotatable bonds is 4. The maximum absolute atomic E-state index is 12.4. The summed E-state index contributed by atoms with van der Waals surface area (Å²) in [7, 11) is 0. The summed E-state index contributed by atoms with van der Waals surface area (Å²) in [6.45, 7) is 3.54. The van der Waals surface area contributed by atoms with Crippen LogP contribution in [-0.4, -0.2) is 31.9 Å². The van der Waals surface area contributed by atoms with Crippen molar-refractivity contribution in [3.05, 3.63) is 87.2 Å². The number of nitro benzene ring substituents is 1. The second-order valence-electron chi connectivity index (χ2n) is 5.61. The minimum absolute atomic E-state index is 0.0493. The third kappa shape index (κ3) is 4.03. The lowest BCUT2D eigenvalue weighted by molar-refractivity contribution is -0.384. The van der Waals surface area contributed by atoms with Crippen molar-refractivity contribution in [3.63, 3.8) is 0 Å². The molecule has 136 valence electrons. The summed E-state index contributed by atoms with van der Waals surface area (Å²) < 4.78 is 5.44. The average Bonchev–Trinajstić information content (AvgIpc) is 3.00. The van der Waals surface area contributed by atoms with E-state index in [1.54, 1.807) is 44.2 Å². The van der Waals surface area contributed by atoms with Crippen molar-refractivity contribution in [1.82, 2.24) is 15.1 Å². The Bertz CT molecular complexity index is 1010. The van der Waals surface area contributed by atoms with Crippen molar-refractivity contribution in [2.75, 3.05) is 0 Å². The molecule has 9 nitrogen and oxygen atoms in total.